The van der Waals surface area contributed by atoms with Crippen LogP contribution in [0, 0.1) is 6.92 Å². The molecule has 0 saturated carbocycles. The van der Waals surface area contributed by atoms with Gasteiger partial charge in [-0.2, -0.15) is 0 Å². The molecule has 1 unspecified atom stereocenters. The summed E-state index contributed by atoms with van der Waals surface area (Å²) in [6, 6.07) is 10.9. The number of anilines is 2. The number of hydrogen-bond donors (Lipinski definition) is 4. The van der Waals surface area contributed by atoms with Crippen molar-refractivity contribution in [3.63, 3.8) is 0 Å². The molecular formula is C37H38ClN7O4S. The minimum Gasteiger partial charge on any atom is -0.409 e. The fraction of sp³-hybridized carbons (Fsp3) is 0.324. The molecule has 11 nitrogen and oxygen atoms in total. The average Bonchev–Trinajstić information content (AvgIpc) is 3.88. The molecule has 5 heterocycles. The topological polar surface area (TPSA) is 140 Å². The fourth-order valence-electron chi connectivity index (χ4n) is 7.46. The highest BCUT2D eigenvalue weighted by Gasteiger charge is 2.37. The summed E-state index contributed by atoms with van der Waals surface area (Å²) in [4.78, 5) is 52.9. The summed E-state index contributed by atoms with van der Waals surface area (Å²) in [6.45, 7) is 7.27. The molecule has 5 aromatic rings. The first-order chi connectivity index (χ1) is 24.1. The van der Waals surface area contributed by atoms with Gasteiger partial charge < -0.3 is 40.5 Å². The summed E-state index contributed by atoms with van der Waals surface area (Å²) in [5.41, 5.74) is 13.8. The zero-order valence-corrected chi connectivity index (χ0v) is 29.6. The number of nitrogens with zero attached hydrogens (tertiary/aromatic N) is 3. The number of nitrogens with one attached hydrogen (secondary N) is 3. The molecule has 1 saturated heterocycles. The summed E-state index contributed by atoms with van der Waals surface area (Å²) in [7, 11) is 2.04. The van der Waals surface area contributed by atoms with Gasteiger partial charge in [-0.15, -0.1) is 22.9 Å². The molecule has 0 radical (unpaired) electrons. The van der Waals surface area contributed by atoms with Crippen molar-refractivity contribution in [3.8, 4) is 5.75 Å². The second kappa shape index (κ2) is 12.5. The predicted octanol–water partition coefficient (Wildman–Crippen LogP) is 6.81. The number of alkyl halides is 1. The molecule has 3 amide bonds. The first kappa shape index (κ1) is 32.4. The Morgan fingerprint density at radius 3 is 2.66 bits per heavy atom. The zero-order chi connectivity index (χ0) is 34.8. The van der Waals surface area contributed by atoms with Crippen molar-refractivity contribution in [1.82, 2.24) is 19.8 Å². The van der Waals surface area contributed by atoms with Crippen molar-refractivity contribution in [1.29, 1.82) is 0 Å². The number of ether oxygens (including phenoxy) is 1. The van der Waals surface area contributed by atoms with Crippen molar-refractivity contribution in [2.75, 3.05) is 55.9 Å². The summed E-state index contributed by atoms with van der Waals surface area (Å²) >= 11 is 8.07. The van der Waals surface area contributed by atoms with E-state index in [0.29, 0.717) is 54.0 Å². The van der Waals surface area contributed by atoms with Gasteiger partial charge in [0.25, 0.3) is 11.8 Å². The lowest BCUT2D eigenvalue weighted by atomic mass is 9.93. The van der Waals surface area contributed by atoms with Crippen LogP contribution in [0.5, 0.6) is 5.75 Å². The number of piperazine rings is 1. The molecule has 0 bridgehead atoms. The average molecular weight is 712 g/mol. The van der Waals surface area contributed by atoms with Crippen LogP contribution in [0.2, 0.25) is 0 Å². The number of likely N-dealkylation sites (N-methyl/N-ethyl adjacent to an activating group) is 1. The fourth-order valence-corrected chi connectivity index (χ4v) is 8.73. The van der Waals surface area contributed by atoms with E-state index in [0.717, 1.165) is 68.6 Å². The molecule has 258 valence electrons. The van der Waals surface area contributed by atoms with Gasteiger partial charge >= 0.3 is 6.09 Å². The lowest BCUT2D eigenvalue weighted by Crippen LogP contribution is -2.48. The van der Waals surface area contributed by atoms with Crippen LogP contribution in [-0.4, -0.2) is 83.3 Å². The van der Waals surface area contributed by atoms with Crippen LogP contribution >= 0.6 is 22.9 Å². The minimum absolute atomic E-state index is 0.0893. The minimum atomic E-state index is -0.388. The SMILES string of the molecule is Cc1csc2c(OC(=O)N3CCN(C)CC3)cc3c(c12)[C@H](CCl)CN3C(=O)c1cc2cc(NC(=O)c3cc4c([nH]3)C(C)CC(N)=C4)ccc2[nH]1. The standard InChI is InChI=1S/C37H38ClN7O4S/c1-19-10-24(39)11-22-14-27(42-33(19)22)35(46)40-25-4-5-26-21(12-25)13-28(41-26)36(47)45-17-23(16-38)32-29(45)15-30(34-31(32)20(2)18-50-34)49-37(48)44-8-6-43(3)7-9-44/h4-5,11-15,18-19,23,41-42H,6-10,16-17,39H2,1-3H3,(H,40,46)/t19?,23-/m1/s1. The highest BCUT2D eigenvalue weighted by Crippen LogP contribution is 2.49. The highest BCUT2D eigenvalue weighted by molar-refractivity contribution is 7.17. The quantitative estimate of drug-likeness (QED) is 0.148. The molecule has 2 aromatic carbocycles. The molecule has 8 rings (SSSR count). The van der Waals surface area contributed by atoms with E-state index in [1.807, 2.05) is 44.3 Å². The first-order valence-electron chi connectivity index (χ1n) is 16.8. The zero-order valence-electron chi connectivity index (χ0n) is 28.1. The van der Waals surface area contributed by atoms with E-state index in [-0.39, 0.29) is 29.7 Å². The van der Waals surface area contributed by atoms with Crippen LogP contribution in [0.25, 0.3) is 27.1 Å². The maximum absolute atomic E-state index is 14.3. The number of fused-ring (bicyclic) bond motifs is 5. The van der Waals surface area contributed by atoms with Crippen molar-refractivity contribution in [3.05, 3.63) is 81.2 Å². The molecule has 1 aliphatic carbocycles. The Kier molecular flexibility index (Phi) is 8.12. The van der Waals surface area contributed by atoms with E-state index in [4.69, 9.17) is 22.1 Å². The molecule has 2 aliphatic heterocycles. The predicted molar refractivity (Wildman–Crippen MR) is 199 cm³/mol. The Balaban J connectivity index is 1.07. The number of aromatic amines is 2. The monoisotopic (exact) mass is 711 g/mol. The van der Waals surface area contributed by atoms with Crippen molar-refractivity contribution >= 4 is 79.3 Å². The van der Waals surface area contributed by atoms with Crippen molar-refractivity contribution < 1.29 is 19.1 Å². The number of benzene rings is 2. The Morgan fingerprint density at radius 2 is 1.88 bits per heavy atom. The van der Waals surface area contributed by atoms with E-state index in [9.17, 15) is 14.4 Å². The molecule has 13 heteroatoms. The number of halogens is 1. The third-order valence-corrected chi connectivity index (χ3v) is 11.6. The number of thiophene rings is 1. The molecule has 0 spiro atoms. The number of H-pyrrole nitrogens is 2. The van der Waals surface area contributed by atoms with Gasteiger partial charge in [-0.3, -0.25) is 9.59 Å². The summed E-state index contributed by atoms with van der Waals surface area (Å²) in [5, 5.41) is 6.80. The third-order valence-electron chi connectivity index (χ3n) is 10.1. The van der Waals surface area contributed by atoms with Crippen LogP contribution in [-0.2, 0) is 0 Å². The van der Waals surface area contributed by atoms with Gasteiger partial charge in [-0.25, -0.2) is 4.79 Å². The molecular weight excluding hydrogens is 674 g/mol. The van der Waals surface area contributed by atoms with Gasteiger partial charge in [0.05, 0.1) is 10.4 Å². The Bertz CT molecular complexity index is 2230. The molecule has 2 atom stereocenters. The Morgan fingerprint density at radius 1 is 1.08 bits per heavy atom. The van der Waals surface area contributed by atoms with E-state index in [2.05, 4.69) is 32.5 Å². The smallest absolute Gasteiger partial charge is 0.409 e. The number of carbonyl (C=O) groups is 3. The van der Waals surface area contributed by atoms with Crippen molar-refractivity contribution in [2.45, 2.75) is 32.1 Å². The number of rotatable bonds is 5. The van der Waals surface area contributed by atoms with Gasteiger partial charge in [0.1, 0.15) is 11.4 Å². The summed E-state index contributed by atoms with van der Waals surface area (Å²) < 4.78 is 6.93. The number of aryl methyl sites for hydroxylation is 1. The second-order valence-corrected chi connectivity index (χ2v) is 14.9. The number of allylic oxidation sites excluding steroid dienone is 1. The molecule has 3 aliphatic rings. The molecule has 1 fully saturated rings. The number of aromatic nitrogens is 2. The van der Waals surface area contributed by atoms with Crippen LogP contribution in [0.1, 0.15) is 68.5 Å². The number of hydrogen-bond acceptors (Lipinski definition) is 7. The Labute approximate surface area is 298 Å². The van der Waals surface area contributed by atoms with Crippen LogP contribution in [0.15, 0.2) is 47.5 Å². The second-order valence-electron chi connectivity index (χ2n) is 13.7. The van der Waals surface area contributed by atoms with E-state index in [1.54, 1.807) is 21.9 Å². The lowest BCUT2D eigenvalue weighted by Gasteiger charge is -2.31. The summed E-state index contributed by atoms with van der Waals surface area (Å²) in [6.07, 6.45) is 2.27. The maximum atomic E-state index is 14.3. The molecule has 3 aromatic heterocycles. The number of nitrogens with two attached hydrogens (primary N) is 1. The van der Waals surface area contributed by atoms with Crippen molar-refractivity contribution in [2.24, 2.45) is 5.73 Å². The maximum Gasteiger partial charge on any atom is 0.415 e. The third kappa shape index (κ3) is 5.61. The number of amides is 3. The van der Waals surface area contributed by atoms with Crippen LogP contribution < -0.4 is 20.7 Å². The van der Waals surface area contributed by atoms with Crippen LogP contribution in [0.3, 0.4) is 0 Å². The van der Waals surface area contributed by atoms with Crippen LogP contribution in [0.4, 0.5) is 16.2 Å². The molecule has 50 heavy (non-hydrogen) atoms. The van der Waals surface area contributed by atoms with E-state index in [1.165, 1.54) is 11.3 Å². The molecule has 5 N–H and O–H groups in total. The van der Waals surface area contributed by atoms with Gasteiger partial charge in [-0.1, -0.05) is 6.92 Å². The normalized spacial score (nSPS) is 19.1. The van der Waals surface area contributed by atoms with Gasteiger partial charge in [-0.05, 0) is 78.9 Å². The van der Waals surface area contributed by atoms with Gasteiger partial charge in [0.2, 0.25) is 0 Å². The first-order valence-corrected chi connectivity index (χ1v) is 18.2. The lowest BCUT2D eigenvalue weighted by molar-refractivity contribution is 0.0982. The van der Waals surface area contributed by atoms with Gasteiger partial charge in [0.15, 0.2) is 5.75 Å². The van der Waals surface area contributed by atoms with E-state index >= 15 is 0 Å². The highest BCUT2D eigenvalue weighted by atomic mass is 35.5. The Hall–Kier alpha value is -4.78. The van der Waals surface area contributed by atoms with E-state index < -0.39 is 0 Å². The largest absolute Gasteiger partial charge is 0.415 e. The van der Waals surface area contributed by atoms with Gasteiger partial charge in [0, 0.05) is 89.9 Å². The summed E-state index contributed by atoms with van der Waals surface area (Å²) in [5.74, 6) is 0.419. The number of carbonyl (C=O) groups excluding carboxylic acids is 3.